The average molecular weight is 620 g/mol. The summed E-state index contributed by atoms with van der Waals surface area (Å²) in [5, 5.41) is 14.3. The first-order valence-electron chi connectivity index (χ1n) is 14.7. The van der Waals surface area contributed by atoms with E-state index in [1.165, 1.54) is 6.33 Å². The van der Waals surface area contributed by atoms with Gasteiger partial charge in [0.1, 0.15) is 36.1 Å². The third-order valence-corrected chi connectivity index (χ3v) is 7.12. The number of anilines is 3. The maximum atomic E-state index is 12.6. The molecular weight excluding hydrogens is 582 g/mol. The van der Waals surface area contributed by atoms with Gasteiger partial charge in [-0.15, -0.1) is 0 Å². The molecule has 0 bridgehead atoms. The van der Waals surface area contributed by atoms with E-state index in [1.807, 2.05) is 32.9 Å². The van der Waals surface area contributed by atoms with Crippen LogP contribution in [-0.4, -0.2) is 78.5 Å². The number of nitrogens with zero attached hydrogens (tertiary/aromatic N) is 4. The third kappa shape index (κ3) is 8.91. The lowest BCUT2D eigenvalue weighted by Gasteiger charge is -2.25. The van der Waals surface area contributed by atoms with Gasteiger partial charge in [0.2, 0.25) is 0 Å². The number of oxime groups is 1. The summed E-state index contributed by atoms with van der Waals surface area (Å²) in [4.78, 5) is 29.3. The molecule has 0 spiro atoms. The van der Waals surface area contributed by atoms with Crippen LogP contribution < -0.4 is 20.7 Å². The maximum Gasteiger partial charge on any atom is 0.251 e. The molecule has 3 N–H and O–H groups in total. The number of morpholine rings is 1. The maximum absolute atomic E-state index is 12.6. The van der Waals surface area contributed by atoms with E-state index in [4.69, 9.17) is 25.9 Å². The van der Waals surface area contributed by atoms with Crippen LogP contribution in [0.25, 0.3) is 6.08 Å². The minimum Gasteiger partial charge on any atom is -0.456 e. The average Bonchev–Trinajstić information content (AvgIpc) is 3.21. The van der Waals surface area contributed by atoms with E-state index in [0.29, 0.717) is 41.1 Å². The van der Waals surface area contributed by atoms with Gasteiger partial charge in [0.15, 0.2) is 0 Å². The zero-order valence-corrected chi connectivity index (χ0v) is 26.0. The number of hydrogen-bond donors (Lipinski definition) is 3. The molecule has 0 atom stereocenters. The van der Waals surface area contributed by atoms with Crippen LogP contribution in [0.5, 0.6) is 11.5 Å². The SMILES string of the molecule is CC(C)(C)NC(=O)c1cccc(Oc2ccc(Nc3ncnc4c3C=C(/C=N/OCCN3CCOCC3)CCN4)cc2Cl)c1. The minimum absolute atomic E-state index is 0.174. The second-order valence-corrected chi connectivity index (χ2v) is 11.9. The highest BCUT2D eigenvalue weighted by atomic mass is 35.5. The van der Waals surface area contributed by atoms with E-state index in [9.17, 15) is 4.79 Å². The highest BCUT2D eigenvalue weighted by molar-refractivity contribution is 6.32. The van der Waals surface area contributed by atoms with Gasteiger partial charge in [-0.2, -0.15) is 0 Å². The first-order valence-corrected chi connectivity index (χ1v) is 15.0. The molecule has 0 radical (unpaired) electrons. The fraction of sp³-hybridized carbons (Fsp3) is 0.375. The summed E-state index contributed by atoms with van der Waals surface area (Å²) in [6, 6.07) is 12.4. The second kappa shape index (κ2) is 14.5. The fourth-order valence-electron chi connectivity index (χ4n) is 4.65. The van der Waals surface area contributed by atoms with Crippen molar-refractivity contribution in [2.24, 2.45) is 5.16 Å². The van der Waals surface area contributed by atoms with Gasteiger partial charge >= 0.3 is 0 Å². The lowest BCUT2D eigenvalue weighted by Crippen LogP contribution is -2.40. The Hall–Kier alpha value is -4.19. The van der Waals surface area contributed by atoms with Gasteiger partial charge in [-0.25, -0.2) is 9.97 Å². The highest BCUT2D eigenvalue weighted by Gasteiger charge is 2.17. The summed E-state index contributed by atoms with van der Waals surface area (Å²) in [6.45, 7) is 11.2. The molecule has 5 rings (SSSR count). The second-order valence-electron chi connectivity index (χ2n) is 11.5. The van der Waals surface area contributed by atoms with E-state index < -0.39 is 0 Å². The first-order chi connectivity index (χ1) is 21.2. The molecule has 0 unspecified atom stereocenters. The topological polar surface area (TPSA) is 122 Å². The number of ether oxygens (including phenoxy) is 2. The van der Waals surface area contributed by atoms with Crippen molar-refractivity contribution >= 4 is 47.1 Å². The molecule has 44 heavy (non-hydrogen) atoms. The van der Waals surface area contributed by atoms with Crippen LogP contribution in [0.1, 0.15) is 43.1 Å². The summed E-state index contributed by atoms with van der Waals surface area (Å²) in [6.07, 6.45) is 6.02. The molecule has 12 heteroatoms. The Morgan fingerprint density at radius 1 is 1.18 bits per heavy atom. The third-order valence-electron chi connectivity index (χ3n) is 6.82. The number of benzene rings is 2. The molecule has 2 aliphatic heterocycles. The molecule has 0 saturated carbocycles. The molecule has 1 aromatic heterocycles. The molecule has 1 saturated heterocycles. The molecule has 0 aliphatic carbocycles. The van der Waals surface area contributed by atoms with Crippen molar-refractivity contribution < 1.29 is 19.1 Å². The van der Waals surface area contributed by atoms with Crippen molar-refractivity contribution in [2.75, 3.05) is 56.6 Å². The van der Waals surface area contributed by atoms with E-state index in [0.717, 1.165) is 61.9 Å². The molecule has 2 aromatic carbocycles. The van der Waals surface area contributed by atoms with Gasteiger partial charge in [0.05, 0.1) is 30.0 Å². The lowest BCUT2D eigenvalue weighted by atomic mass is 10.1. The number of aromatic nitrogens is 2. The van der Waals surface area contributed by atoms with Crippen LogP contribution in [0.2, 0.25) is 5.02 Å². The lowest BCUT2D eigenvalue weighted by molar-refractivity contribution is 0.0214. The van der Waals surface area contributed by atoms with Crippen molar-refractivity contribution in [1.29, 1.82) is 0 Å². The van der Waals surface area contributed by atoms with E-state index in [-0.39, 0.29) is 11.4 Å². The van der Waals surface area contributed by atoms with E-state index in [2.05, 4.69) is 36.0 Å². The summed E-state index contributed by atoms with van der Waals surface area (Å²) < 4.78 is 11.4. The Bertz CT molecular complexity index is 1520. The molecule has 1 amide bonds. The Balaban J connectivity index is 1.24. The van der Waals surface area contributed by atoms with Crippen LogP contribution in [-0.2, 0) is 9.57 Å². The summed E-state index contributed by atoms with van der Waals surface area (Å²) in [5.74, 6) is 2.13. The zero-order chi connectivity index (χ0) is 30.9. The number of fused-ring (bicyclic) bond motifs is 1. The number of rotatable bonds is 10. The van der Waals surface area contributed by atoms with Crippen LogP contribution in [0.3, 0.4) is 0 Å². The molecule has 11 nitrogen and oxygen atoms in total. The number of halogens is 1. The zero-order valence-electron chi connectivity index (χ0n) is 25.2. The van der Waals surface area contributed by atoms with Gasteiger partial charge in [0.25, 0.3) is 5.91 Å². The molecule has 3 aromatic rings. The van der Waals surface area contributed by atoms with Gasteiger partial charge in [-0.1, -0.05) is 22.8 Å². The quantitative estimate of drug-likeness (QED) is 0.148. The number of carbonyl (C=O) groups is 1. The standard InChI is InChI=1S/C32H38ClN7O4/c1-32(2,3)39-31(41)23-5-4-6-25(18-23)44-28-8-7-24(19-27(28)33)38-30-26-17-22(9-10-34-29(26)35-21-36-30)20-37-43-16-13-40-11-14-42-15-12-40/h4-8,17-21H,9-16H2,1-3H3,(H,39,41)(H2,34,35,36,38)/b37-20+. The van der Waals surface area contributed by atoms with Crippen LogP contribution in [0.4, 0.5) is 17.3 Å². The van der Waals surface area contributed by atoms with Crippen molar-refractivity contribution in [2.45, 2.75) is 32.7 Å². The van der Waals surface area contributed by atoms with E-state index in [1.54, 1.807) is 42.6 Å². The largest absolute Gasteiger partial charge is 0.456 e. The van der Waals surface area contributed by atoms with Crippen LogP contribution in [0.15, 0.2) is 59.5 Å². The van der Waals surface area contributed by atoms with Crippen molar-refractivity contribution in [3.8, 4) is 11.5 Å². The Morgan fingerprint density at radius 2 is 2.02 bits per heavy atom. The van der Waals surface area contributed by atoms with Gasteiger partial charge in [-0.3, -0.25) is 9.69 Å². The first kappa shape index (κ1) is 31.2. The normalized spacial score (nSPS) is 15.5. The highest BCUT2D eigenvalue weighted by Crippen LogP contribution is 2.34. The van der Waals surface area contributed by atoms with E-state index >= 15 is 0 Å². The predicted molar refractivity (Wildman–Crippen MR) is 173 cm³/mol. The minimum atomic E-state index is -0.346. The number of amides is 1. The smallest absolute Gasteiger partial charge is 0.251 e. The number of nitrogens with one attached hydrogen (secondary N) is 3. The Morgan fingerprint density at radius 3 is 2.82 bits per heavy atom. The van der Waals surface area contributed by atoms with Crippen molar-refractivity contribution in [3.63, 3.8) is 0 Å². The monoisotopic (exact) mass is 619 g/mol. The fourth-order valence-corrected chi connectivity index (χ4v) is 4.87. The van der Waals surface area contributed by atoms with Crippen LogP contribution in [0, 0.1) is 0 Å². The Kier molecular flexibility index (Phi) is 10.3. The van der Waals surface area contributed by atoms with Crippen LogP contribution >= 0.6 is 11.6 Å². The van der Waals surface area contributed by atoms with Crippen molar-refractivity contribution in [3.05, 3.63) is 70.5 Å². The molecule has 1 fully saturated rings. The number of carbonyl (C=O) groups excluding carboxylic acids is 1. The summed E-state index contributed by atoms with van der Waals surface area (Å²) in [7, 11) is 0. The number of hydrogen-bond acceptors (Lipinski definition) is 10. The molecule has 3 heterocycles. The van der Waals surface area contributed by atoms with Crippen molar-refractivity contribution in [1.82, 2.24) is 20.2 Å². The molecular formula is C32H38ClN7O4. The van der Waals surface area contributed by atoms with Gasteiger partial charge in [0, 0.05) is 43.0 Å². The summed E-state index contributed by atoms with van der Waals surface area (Å²) in [5.41, 5.74) is 2.67. The van der Waals surface area contributed by atoms with Gasteiger partial charge in [-0.05, 0) is 75.2 Å². The molecule has 2 aliphatic rings. The van der Waals surface area contributed by atoms with Gasteiger partial charge < -0.3 is 30.3 Å². The predicted octanol–water partition coefficient (Wildman–Crippen LogP) is 5.73. The Labute approximate surface area is 262 Å². The molecule has 232 valence electrons. The summed E-state index contributed by atoms with van der Waals surface area (Å²) >= 11 is 6.62.